The van der Waals surface area contributed by atoms with E-state index in [0.717, 1.165) is 13.0 Å². The predicted molar refractivity (Wildman–Crippen MR) is 70.6 cm³/mol. The second-order valence-corrected chi connectivity index (χ2v) is 4.57. The number of ether oxygens (including phenoxy) is 1. The van der Waals surface area contributed by atoms with Crippen LogP contribution in [0.5, 0.6) is 0 Å². The van der Waals surface area contributed by atoms with E-state index in [9.17, 15) is 10.1 Å². The molecule has 0 heterocycles. The van der Waals surface area contributed by atoms with E-state index in [-0.39, 0.29) is 10.6 Å². The second kappa shape index (κ2) is 6.56. The van der Waals surface area contributed by atoms with Gasteiger partial charge in [-0.25, -0.2) is 0 Å². The normalized spacial score (nSPS) is 10.3. The SMILES string of the molecule is COCCCN(C)c1ccc(Br)cc1[N+](=O)[O-]. The Morgan fingerprint density at radius 1 is 1.53 bits per heavy atom. The maximum absolute atomic E-state index is 10.9. The zero-order valence-corrected chi connectivity index (χ0v) is 11.4. The van der Waals surface area contributed by atoms with E-state index in [4.69, 9.17) is 4.74 Å². The molecule has 0 aliphatic carbocycles. The Labute approximate surface area is 109 Å². The topological polar surface area (TPSA) is 55.6 Å². The molecule has 0 spiro atoms. The Balaban J connectivity index is 2.84. The van der Waals surface area contributed by atoms with Crippen molar-refractivity contribution in [3.05, 3.63) is 32.8 Å². The monoisotopic (exact) mass is 302 g/mol. The maximum atomic E-state index is 10.9. The van der Waals surface area contributed by atoms with Crippen LogP contribution in [0.1, 0.15) is 6.42 Å². The number of halogens is 1. The molecule has 0 saturated carbocycles. The molecule has 0 bridgehead atoms. The Hall–Kier alpha value is -1.14. The molecule has 0 fully saturated rings. The van der Waals surface area contributed by atoms with Crippen molar-refractivity contribution in [2.24, 2.45) is 0 Å². The Kier molecular flexibility index (Phi) is 5.37. The number of rotatable bonds is 6. The molecule has 0 amide bonds. The number of methoxy groups -OCH3 is 1. The average Bonchev–Trinajstić information content (AvgIpc) is 2.29. The van der Waals surface area contributed by atoms with Crippen LogP contribution in [0.25, 0.3) is 0 Å². The highest BCUT2D eigenvalue weighted by Gasteiger charge is 2.17. The molecule has 0 aromatic heterocycles. The van der Waals surface area contributed by atoms with Crippen LogP contribution in [-0.2, 0) is 4.74 Å². The minimum Gasteiger partial charge on any atom is -0.385 e. The average molecular weight is 303 g/mol. The van der Waals surface area contributed by atoms with Gasteiger partial charge in [0.25, 0.3) is 5.69 Å². The number of hydrogen-bond donors (Lipinski definition) is 0. The minimum absolute atomic E-state index is 0.110. The first-order chi connectivity index (χ1) is 8.06. The molecule has 1 rings (SSSR count). The highest BCUT2D eigenvalue weighted by atomic mass is 79.9. The fraction of sp³-hybridized carbons (Fsp3) is 0.455. The van der Waals surface area contributed by atoms with Gasteiger partial charge in [0.1, 0.15) is 5.69 Å². The van der Waals surface area contributed by atoms with Crippen molar-refractivity contribution in [2.75, 3.05) is 32.2 Å². The van der Waals surface area contributed by atoms with Crippen LogP contribution in [0, 0.1) is 10.1 Å². The fourth-order valence-corrected chi connectivity index (χ4v) is 1.88. The van der Waals surface area contributed by atoms with Gasteiger partial charge in [0, 0.05) is 37.8 Å². The fourth-order valence-electron chi connectivity index (χ4n) is 1.53. The predicted octanol–water partition coefficient (Wildman–Crippen LogP) is 2.83. The van der Waals surface area contributed by atoms with E-state index in [1.807, 2.05) is 11.9 Å². The van der Waals surface area contributed by atoms with E-state index in [0.29, 0.717) is 16.8 Å². The number of nitro groups is 1. The van der Waals surface area contributed by atoms with Crippen LogP contribution < -0.4 is 4.90 Å². The minimum atomic E-state index is -0.368. The van der Waals surface area contributed by atoms with Gasteiger partial charge in [0.15, 0.2) is 0 Å². The first-order valence-electron chi connectivity index (χ1n) is 5.20. The standard InChI is InChI=1S/C11H15BrN2O3/c1-13(6-3-7-17-2)10-5-4-9(12)8-11(10)14(15)16/h4-5,8H,3,6-7H2,1-2H3. The summed E-state index contributed by atoms with van der Waals surface area (Å²) in [6.07, 6.45) is 0.834. The number of nitro benzene ring substituents is 1. The van der Waals surface area contributed by atoms with Crippen LogP contribution in [0.4, 0.5) is 11.4 Å². The highest BCUT2D eigenvalue weighted by Crippen LogP contribution is 2.30. The zero-order valence-electron chi connectivity index (χ0n) is 9.85. The van der Waals surface area contributed by atoms with Crippen LogP contribution in [0.3, 0.4) is 0 Å². The third-order valence-corrected chi connectivity index (χ3v) is 2.88. The molecule has 0 atom stereocenters. The summed E-state index contributed by atoms with van der Waals surface area (Å²) < 4.78 is 5.66. The Bertz CT molecular complexity index is 398. The van der Waals surface area contributed by atoms with Crippen molar-refractivity contribution in [1.82, 2.24) is 0 Å². The molecule has 0 unspecified atom stereocenters. The van der Waals surface area contributed by atoms with Gasteiger partial charge >= 0.3 is 0 Å². The molecule has 1 aromatic carbocycles. The summed E-state index contributed by atoms with van der Waals surface area (Å²) in [5, 5.41) is 10.9. The third-order valence-electron chi connectivity index (χ3n) is 2.39. The van der Waals surface area contributed by atoms with Crippen molar-refractivity contribution >= 4 is 27.3 Å². The molecule has 0 aliphatic rings. The Morgan fingerprint density at radius 2 is 2.24 bits per heavy atom. The van der Waals surface area contributed by atoms with E-state index in [1.165, 1.54) is 6.07 Å². The Morgan fingerprint density at radius 3 is 2.82 bits per heavy atom. The molecule has 94 valence electrons. The molecule has 6 heteroatoms. The summed E-state index contributed by atoms with van der Waals surface area (Å²) in [5.41, 5.74) is 0.730. The van der Waals surface area contributed by atoms with Crippen LogP contribution >= 0.6 is 15.9 Å². The summed E-state index contributed by atoms with van der Waals surface area (Å²) in [6.45, 7) is 1.37. The zero-order chi connectivity index (χ0) is 12.8. The summed E-state index contributed by atoms with van der Waals surface area (Å²) in [4.78, 5) is 12.4. The van der Waals surface area contributed by atoms with Gasteiger partial charge < -0.3 is 9.64 Å². The lowest BCUT2D eigenvalue weighted by atomic mass is 10.2. The van der Waals surface area contributed by atoms with Gasteiger partial charge in [-0.3, -0.25) is 10.1 Å². The lowest BCUT2D eigenvalue weighted by Crippen LogP contribution is -2.20. The van der Waals surface area contributed by atoms with Crippen LogP contribution in [-0.4, -0.2) is 32.2 Å². The van der Waals surface area contributed by atoms with E-state index in [2.05, 4.69) is 15.9 Å². The lowest BCUT2D eigenvalue weighted by molar-refractivity contribution is -0.384. The smallest absolute Gasteiger partial charge is 0.293 e. The van der Waals surface area contributed by atoms with Crippen molar-refractivity contribution in [2.45, 2.75) is 6.42 Å². The van der Waals surface area contributed by atoms with Crippen molar-refractivity contribution in [1.29, 1.82) is 0 Å². The first-order valence-corrected chi connectivity index (χ1v) is 5.99. The van der Waals surface area contributed by atoms with Crippen molar-refractivity contribution in [3.63, 3.8) is 0 Å². The molecule has 0 N–H and O–H groups in total. The van der Waals surface area contributed by atoms with E-state index >= 15 is 0 Å². The number of anilines is 1. The van der Waals surface area contributed by atoms with Gasteiger partial charge in [-0.05, 0) is 18.6 Å². The van der Waals surface area contributed by atoms with Crippen LogP contribution in [0.15, 0.2) is 22.7 Å². The van der Waals surface area contributed by atoms with Gasteiger partial charge in [-0.2, -0.15) is 0 Å². The third kappa shape index (κ3) is 3.98. The van der Waals surface area contributed by atoms with Gasteiger partial charge in [-0.1, -0.05) is 15.9 Å². The number of benzene rings is 1. The van der Waals surface area contributed by atoms with Gasteiger partial charge in [-0.15, -0.1) is 0 Å². The molecule has 0 radical (unpaired) electrons. The molecular weight excluding hydrogens is 288 g/mol. The van der Waals surface area contributed by atoms with E-state index in [1.54, 1.807) is 19.2 Å². The highest BCUT2D eigenvalue weighted by molar-refractivity contribution is 9.10. The molecule has 0 saturated heterocycles. The second-order valence-electron chi connectivity index (χ2n) is 3.66. The van der Waals surface area contributed by atoms with E-state index < -0.39 is 0 Å². The summed E-state index contributed by atoms with van der Waals surface area (Å²) in [5.74, 6) is 0. The first kappa shape index (κ1) is 13.9. The van der Waals surface area contributed by atoms with Crippen LogP contribution in [0.2, 0.25) is 0 Å². The quantitative estimate of drug-likeness (QED) is 0.461. The number of hydrogen-bond acceptors (Lipinski definition) is 4. The van der Waals surface area contributed by atoms with Gasteiger partial charge in [0.2, 0.25) is 0 Å². The lowest BCUT2D eigenvalue weighted by Gasteiger charge is -2.18. The van der Waals surface area contributed by atoms with Crippen molar-refractivity contribution < 1.29 is 9.66 Å². The van der Waals surface area contributed by atoms with Crippen molar-refractivity contribution in [3.8, 4) is 0 Å². The maximum Gasteiger partial charge on any atom is 0.293 e. The molecule has 0 aliphatic heterocycles. The molecule has 17 heavy (non-hydrogen) atoms. The summed E-state index contributed by atoms with van der Waals surface area (Å²) >= 11 is 3.23. The molecular formula is C11H15BrN2O3. The van der Waals surface area contributed by atoms with Gasteiger partial charge in [0.05, 0.1) is 4.92 Å². The summed E-state index contributed by atoms with van der Waals surface area (Å²) in [7, 11) is 3.48. The molecule has 1 aromatic rings. The molecule has 5 nitrogen and oxygen atoms in total. The summed E-state index contributed by atoms with van der Waals surface area (Å²) in [6, 6.07) is 5.06. The number of nitrogens with zero attached hydrogens (tertiary/aromatic N) is 2. The largest absolute Gasteiger partial charge is 0.385 e.